The number of amides is 1. The molecule has 0 aliphatic rings. The summed E-state index contributed by atoms with van der Waals surface area (Å²) in [5, 5.41) is 3.97. The number of rotatable bonds is 9. The van der Waals surface area contributed by atoms with Crippen LogP contribution in [-0.2, 0) is 33.5 Å². The predicted molar refractivity (Wildman–Crippen MR) is 132 cm³/mol. The molecule has 1 aromatic heterocycles. The predicted octanol–water partition coefficient (Wildman–Crippen LogP) is 4.27. The Balaban J connectivity index is 1.41. The van der Waals surface area contributed by atoms with Gasteiger partial charge in [-0.2, -0.15) is 0 Å². The van der Waals surface area contributed by atoms with Crippen LogP contribution >= 0.6 is 0 Å². The second kappa shape index (κ2) is 10.2. The zero-order valence-corrected chi connectivity index (χ0v) is 19.6. The summed E-state index contributed by atoms with van der Waals surface area (Å²) >= 11 is 0. The fourth-order valence-corrected chi connectivity index (χ4v) is 4.67. The Labute approximate surface area is 198 Å². The number of aryl methyl sites for hydroxylation is 1. The number of carbonyl (C=O) groups excluding carboxylic acids is 1. The zero-order valence-electron chi connectivity index (χ0n) is 18.8. The van der Waals surface area contributed by atoms with Gasteiger partial charge in [0.05, 0.1) is 5.75 Å². The largest absolute Gasteiger partial charge is 0.354 e. The number of aromatic amines is 1. The fourth-order valence-electron chi connectivity index (χ4n) is 3.90. The minimum Gasteiger partial charge on any atom is -0.354 e. The maximum Gasteiger partial charge on any atom is 0.220 e. The molecule has 0 aliphatic heterocycles. The van der Waals surface area contributed by atoms with Gasteiger partial charge in [-0.05, 0) is 66.1 Å². The Bertz CT molecular complexity index is 1400. The van der Waals surface area contributed by atoms with Crippen LogP contribution < -0.4 is 10.0 Å². The van der Waals surface area contributed by atoms with Crippen LogP contribution in [0.5, 0.6) is 0 Å². The van der Waals surface area contributed by atoms with Crippen LogP contribution in [0.4, 0.5) is 4.39 Å². The SMILES string of the molecule is CNS(=O)(=O)Cc1ccc(CNC(=O)CCc2c(-c3ccc(F)cc3)[nH]c3ccccc23)cc1. The summed E-state index contributed by atoms with van der Waals surface area (Å²) in [5.74, 6) is -0.466. The monoisotopic (exact) mass is 479 g/mol. The van der Waals surface area contributed by atoms with Crippen LogP contribution in [0.1, 0.15) is 23.1 Å². The van der Waals surface area contributed by atoms with Crippen molar-refractivity contribution in [3.63, 3.8) is 0 Å². The molecule has 6 nitrogen and oxygen atoms in total. The molecule has 4 aromatic rings. The van der Waals surface area contributed by atoms with E-state index in [2.05, 4.69) is 15.0 Å². The Morgan fingerprint density at radius 1 is 0.941 bits per heavy atom. The molecule has 0 saturated carbocycles. The lowest BCUT2D eigenvalue weighted by Gasteiger charge is -2.08. The third-order valence-electron chi connectivity index (χ3n) is 5.73. The Morgan fingerprint density at radius 3 is 2.32 bits per heavy atom. The first-order valence-electron chi connectivity index (χ1n) is 11.0. The molecular weight excluding hydrogens is 453 g/mol. The quantitative estimate of drug-likeness (QED) is 0.335. The molecule has 3 aromatic carbocycles. The number of nitrogens with one attached hydrogen (secondary N) is 3. The van der Waals surface area contributed by atoms with Crippen molar-refractivity contribution in [1.82, 2.24) is 15.0 Å². The highest BCUT2D eigenvalue weighted by Gasteiger charge is 2.15. The second-order valence-corrected chi connectivity index (χ2v) is 10.0. The molecule has 176 valence electrons. The number of fused-ring (bicyclic) bond motifs is 1. The van der Waals surface area contributed by atoms with Gasteiger partial charge in [0.1, 0.15) is 5.82 Å². The normalized spacial score (nSPS) is 11.6. The molecule has 3 N–H and O–H groups in total. The molecule has 1 amide bonds. The standard InChI is InChI=1S/C26H26FN3O3S/c1-28-34(32,33)17-19-8-6-18(7-9-19)16-29-25(31)15-14-23-22-4-2-3-5-24(22)30-26(23)20-10-12-21(27)13-11-20/h2-13,28,30H,14-17H2,1H3,(H,29,31). The highest BCUT2D eigenvalue weighted by Crippen LogP contribution is 2.31. The van der Waals surface area contributed by atoms with Gasteiger partial charge in [-0.3, -0.25) is 4.79 Å². The van der Waals surface area contributed by atoms with E-state index in [1.54, 1.807) is 24.3 Å². The van der Waals surface area contributed by atoms with Gasteiger partial charge in [0.25, 0.3) is 0 Å². The summed E-state index contributed by atoms with van der Waals surface area (Å²) in [6.45, 7) is 0.358. The minimum atomic E-state index is -3.32. The van der Waals surface area contributed by atoms with Crippen molar-refractivity contribution in [2.24, 2.45) is 0 Å². The van der Waals surface area contributed by atoms with Gasteiger partial charge in [0.2, 0.25) is 15.9 Å². The van der Waals surface area contributed by atoms with Crippen molar-refractivity contribution < 1.29 is 17.6 Å². The van der Waals surface area contributed by atoms with Crippen molar-refractivity contribution in [3.8, 4) is 11.3 Å². The summed E-state index contributed by atoms with van der Waals surface area (Å²) in [6.07, 6.45) is 0.831. The van der Waals surface area contributed by atoms with Gasteiger partial charge in [0.15, 0.2) is 0 Å². The van der Waals surface area contributed by atoms with Crippen LogP contribution in [-0.4, -0.2) is 26.4 Å². The molecule has 0 fully saturated rings. The van der Waals surface area contributed by atoms with E-state index >= 15 is 0 Å². The van der Waals surface area contributed by atoms with E-state index in [1.807, 2.05) is 36.4 Å². The van der Waals surface area contributed by atoms with Crippen LogP contribution in [0.15, 0.2) is 72.8 Å². The summed E-state index contributed by atoms with van der Waals surface area (Å²) in [4.78, 5) is 16.0. The van der Waals surface area contributed by atoms with Crippen molar-refractivity contribution in [2.45, 2.75) is 25.1 Å². The summed E-state index contributed by atoms with van der Waals surface area (Å²) < 4.78 is 39.0. The van der Waals surface area contributed by atoms with Crippen LogP contribution in [0.3, 0.4) is 0 Å². The van der Waals surface area contributed by atoms with Gasteiger partial charge in [-0.1, -0.05) is 42.5 Å². The minimum absolute atomic E-state index is 0.0859. The Morgan fingerprint density at radius 2 is 1.62 bits per heavy atom. The number of sulfonamides is 1. The molecule has 0 atom stereocenters. The highest BCUT2D eigenvalue weighted by atomic mass is 32.2. The van der Waals surface area contributed by atoms with Crippen molar-refractivity contribution in [2.75, 3.05) is 7.05 Å². The summed E-state index contributed by atoms with van der Waals surface area (Å²) in [5.41, 5.74) is 5.31. The first-order valence-corrected chi connectivity index (χ1v) is 12.6. The molecule has 0 unspecified atom stereocenters. The van der Waals surface area contributed by atoms with Gasteiger partial charge in [-0.25, -0.2) is 17.5 Å². The van der Waals surface area contributed by atoms with Crippen LogP contribution in [0, 0.1) is 5.82 Å². The summed E-state index contributed by atoms with van der Waals surface area (Å²) in [6, 6.07) is 21.3. The maximum atomic E-state index is 13.4. The highest BCUT2D eigenvalue weighted by molar-refractivity contribution is 7.88. The van der Waals surface area contributed by atoms with E-state index < -0.39 is 10.0 Å². The summed E-state index contributed by atoms with van der Waals surface area (Å²) in [7, 11) is -1.94. The molecule has 0 saturated heterocycles. The number of benzene rings is 3. The number of carbonyl (C=O) groups is 1. The first-order chi connectivity index (χ1) is 16.3. The van der Waals surface area contributed by atoms with Crippen molar-refractivity contribution >= 4 is 26.8 Å². The van der Waals surface area contributed by atoms with Gasteiger partial charge in [0, 0.05) is 29.6 Å². The molecule has 0 radical (unpaired) electrons. The number of hydrogen-bond donors (Lipinski definition) is 3. The topological polar surface area (TPSA) is 91.1 Å². The van der Waals surface area contributed by atoms with E-state index in [-0.39, 0.29) is 17.5 Å². The Kier molecular flexibility index (Phi) is 7.09. The van der Waals surface area contributed by atoms with Crippen molar-refractivity contribution in [3.05, 3.63) is 95.3 Å². The molecule has 0 aliphatic carbocycles. The first kappa shape index (κ1) is 23.7. The van der Waals surface area contributed by atoms with Crippen LogP contribution in [0.2, 0.25) is 0 Å². The second-order valence-electron chi connectivity index (χ2n) is 8.09. The average molecular weight is 480 g/mol. The zero-order chi connectivity index (χ0) is 24.1. The van der Waals surface area contributed by atoms with E-state index in [0.29, 0.717) is 24.9 Å². The average Bonchev–Trinajstić information content (AvgIpc) is 3.21. The lowest BCUT2D eigenvalue weighted by atomic mass is 10.0. The lowest BCUT2D eigenvalue weighted by Crippen LogP contribution is -2.23. The van der Waals surface area contributed by atoms with Crippen LogP contribution in [0.25, 0.3) is 22.2 Å². The van der Waals surface area contributed by atoms with Crippen molar-refractivity contribution in [1.29, 1.82) is 0 Å². The number of H-pyrrole nitrogens is 1. The van der Waals surface area contributed by atoms with E-state index in [4.69, 9.17) is 0 Å². The smallest absolute Gasteiger partial charge is 0.220 e. The third kappa shape index (κ3) is 5.70. The number of hydrogen-bond acceptors (Lipinski definition) is 3. The number of aromatic nitrogens is 1. The molecule has 1 heterocycles. The Hall–Kier alpha value is -3.49. The third-order valence-corrected chi connectivity index (χ3v) is 7.06. The van der Waals surface area contributed by atoms with Gasteiger partial charge in [-0.15, -0.1) is 0 Å². The van der Waals surface area contributed by atoms with Gasteiger partial charge >= 0.3 is 0 Å². The molecule has 8 heteroatoms. The van der Waals surface area contributed by atoms with E-state index in [1.165, 1.54) is 19.2 Å². The van der Waals surface area contributed by atoms with E-state index in [9.17, 15) is 17.6 Å². The van der Waals surface area contributed by atoms with E-state index in [0.717, 1.165) is 33.3 Å². The molecule has 34 heavy (non-hydrogen) atoms. The number of para-hydroxylation sites is 1. The maximum absolute atomic E-state index is 13.4. The molecule has 0 spiro atoms. The fraction of sp³-hybridized carbons (Fsp3) is 0.192. The lowest BCUT2D eigenvalue weighted by molar-refractivity contribution is -0.121. The molecular formula is C26H26FN3O3S. The number of halogens is 1. The van der Waals surface area contributed by atoms with Gasteiger partial charge < -0.3 is 10.3 Å². The molecule has 0 bridgehead atoms. The molecule has 4 rings (SSSR count).